The van der Waals surface area contributed by atoms with E-state index in [0.29, 0.717) is 17.8 Å². The van der Waals surface area contributed by atoms with Gasteiger partial charge in [-0.3, -0.25) is 10.1 Å². The number of aryl methyl sites for hydroxylation is 1. The van der Waals surface area contributed by atoms with Crippen LogP contribution in [0.3, 0.4) is 0 Å². The van der Waals surface area contributed by atoms with Crippen LogP contribution in [-0.4, -0.2) is 36.0 Å². The zero-order valence-corrected chi connectivity index (χ0v) is 12.4. The minimum atomic E-state index is -0.545. The molecule has 0 saturated carbocycles. The van der Waals surface area contributed by atoms with E-state index >= 15 is 0 Å². The Bertz CT molecular complexity index is 500. The summed E-state index contributed by atoms with van der Waals surface area (Å²) in [7, 11) is 0. The molecule has 6 heteroatoms. The van der Waals surface area contributed by atoms with Crippen molar-refractivity contribution in [3.8, 4) is 0 Å². The number of benzene rings is 1. The number of nitro groups is 1. The summed E-state index contributed by atoms with van der Waals surface area (Å²) in [6.45, 7) is 5.27. The predicted molar refractivity (Wildman–Crippen MR) is 81.2 cm³/mol. The molecule has 5 nitrogen and oxygen atoms in total. The van der Waals surface area contributed by atoms with Crippen molar-refractivity contribution >= 4 is 11.4 Å². The van der Waals surface area contributed by atoms with Crippen molar-refractivity contribution < 1.29 is 9.31 Å². The Morgan fingerprint density at radius 1 is 1.29 bits per heavy atom. The van der Waals surface area contributed by atoms with Crippen molar-refractivity contribution in [1.29, 1.82) is 0 Å². The molecule has 1 aliphatic heterocycles. The Hall–Kier alpha value is -1.69. The molecule has 1 fully saturated rings. The molecule has 0 unspecified atom stereocenters. The third kappa shape index (κ3) is 4.39. The number of anilines is 1. The molecule has 1 heterocycles. The Morgan fingerprint density at radius 3 is 2.57 bits per heavy atom. The summed E-state index contributed by atoms with van der Waals surface area (Å²) in [5.41, 5.74) is 0.612. The summed E-state index contributed by atoms with van der Waals surface area (Å²) in [5.74, 6) is -0.542. The van der Waals surface area contributed by atoms with E-state index in [1.807, 2.05) is 0 Å². The molecule has 21 heavy (non-hydrogen) atoms. The maximum absolute atomic E-state index is 13.4. The van der Waals surface area contributed by atoms with Crippen LogP contribution in [0.15, 0.2) is 12.1 Å². The lowest BCUT2D eigenvalue weighted by atomic mass is 10.2. The minimum Gasteiger partial charge on any atom is -0.378 e. The first-order valence-electron chi connectivity index (χ1n) is 7.48. The fourth-order valence-electron chi connectivity index (χ4n) is 2.67. The maximum Gasteiger partial charge on any atom is 0.295 e. The lowest BCUT2D eigenvalue weighted by Crippen LogP contribution is -2.30. The van der Waals surface area contributed by atoms with E-state index in [4.69, 9.17) is 0 Å². The van der Waals surface area contributed by atoms with Crippen LogP contribution in [0.2, 0.25) is 0 Å². The summed E-state index contributed by atoms with van der Waals surface area (Å²) < 4.78 is 13.4. The van der Waals surface area contributed by atoms with E-state index in [1.54, 1.807) is 6.92 Å². The van der Waals surface area contributed by atoms with Crippen LogP contribution in [0.1, 0.15) is 31.2 Å². The first kappa shape index (κ1) is 15.7. The van der Waals surface area contributed by atoms with Crippen LogP contribution in [0, 0.1) is 22.9 Å². The van der Waals surface area contributed by atoms with E-state index in [1.165, 1.54) is 31.7 Å². The number of hydrogen-bond donors (Lipinski definition) is 1. The predicted octanol–water partition coefficient (Wildman–Crippen LogP) is 3.33. The van der Waals surface area contributed by atoms with Crippen LogP contribution in [0.25, 0.3) is 0 Å². The summed E-state index contributed by atoms with van der Waals surface area (Å²) in [6.07, 6.45) is 5.00. The number of nitrogens with one attached hydrogen (secondary N) is 1. The zero-order valence-electron chi connectivity index (χ0n) is 12.4. The highest BCUT2D eigenvalue weighted by molar-refractivity contribution is 5.63. The summed E-state index contributed by atoms with van der Waals surface area (Å²) in [4.78, 5) is 12.8. The standard InChI is InChI=1S/C15H22FN3O2/c1-12-10-14(15(19(20)21)11-13(12)16)17-6-9-18-7-4-2-3-5-8-18/h10-11,17H,2-9H2,1H3. The highest BCUT2D eigenvalue weighted by Gasteiger charge is 2.17. The monoisotopic (exact) mass is 295 g/mol. The van der Waals surface area contributed by atoms with Gasteiger partial charge in [0.15, 0.2) is 0 Å². The number of halogens is 1. The van der Waals surface area contributed by atoms with Gasteiger partial charge in [-0.05, 0) is 44.5 Å². The Kier molecular flexibility index (Phi) is 5.50. The third-order valence-corrected chi connectivity index (χ3v) is 3.92. The van der Waals surface area contributed by atoms with Gasteiger partial charge in [0.2, 0.25) is 0 Å². The number of rotatable bonds is 5. The molecule has 1 saturated heterocycles. The lowest BCUT2D eigenvalue weighted by Gasteiger charge is -2.20. The van der Waals surface area contributed by atoms with E-state index in [9.17, 15) is 14.5 Å². The van der Waals surface area contributed by atoms with Crippen molar-refractivity contribution in [2.75, 3.05) is 31.5 Å². The minimum absolute atomic E-state index is 0.200. The van der Waals surface area contributed by atoms with Gasteiger partial charge in [0.05, 0.1) is 11.0 Å². The molecular formula is C15H22FN3O2. The second-order valence-corrected chi connectivity index (χ2v) is 5.56. The van der Waals surface area contributed by atoms with Gasteiger partial charge in [-0.1, -0.05) is 12.8 Å². The van der Waals surface area contributed by atoms with Crippen molar-refractivity contribution in [3.05, 3.63) is 33.6 Å². The zero-order chi connectivity index (χ0) is 15.2. The fraction of sp³-hybridized carbons (Fsp3) is 0.600. The number of hydrogen-bond acceptors (Lipinski definition) is 4. The van der Waals surface area contributed by atoms with E-state index in [0.717, 1.165) is 25.7 Å². The molecular weight excluding hydrogens is 273 g/mol. The average molecular weight is 295 g/mol. The molecule has 0 atom stereocenters. The summed E-state index contributed by atoms with van der Waals surface area (Å²) in [6, 6.07) is 2.50. The van der Waals surface area contributed by atoms with Crippen LogP contribution < -0.4 is 5.32 Å². The van der Waals surface area contributed by atoms with Gasteiger partial charge in [0.25, 0.3) is 5.69 Å². The summed E-state index contributed by atoms with van der Waals surface area (Å²) in [5, 5.41) is 14.1. The molecule has 2 rings (SSSR count). The second kappa shape index (κ2) is 7.36. The van der Waals surface area contributed by atoms with Crippen LogP contribution in [0.4, 0.5) is 15.8 Å². The molecule has 0 radical (unpaired) electrons. The Morgan fingerprint density at radius 2 is 1.95 bits per heavy atom. The molecule has 1 N–H and O–H groups in total. The molecule has 0 aliphatic carbocycles. The van der Waals surface area contributed by atoms with Gasteiger partial charge in [0.1, 0.15) is 11.5 Å². The normalized spacial score (nSPS) is 16.5. The van der Waals surface area contributed by atoms with Gasteiger partial charge in [-0.15, -0.1) is 0 Å². The maximum atomic E-state index is 13.4. The van der Waals surface area contributed by atoms with Crippen molar-refractivity contribution in [2.24, 2.45) is 0 Å². The quantitative estimate of drug-likeness (QED) is 0.668. The SMILES string of the molecule is Cc1cc(NCCN2CCCCCC2)c([N+](=O)[O-])cc1F. The largest absolute Gasteiger partial charge is 0.378 e. The molecule has 116 valence electrons. The number of likely N-dealkylation sites (tertiary alicyclic amines) is 1. The van der Waals surface area contributed by atoms with Gasteiger partial charge in [0, 0.05) is 13.1 Å². The van der Waals surface area contributed by atoms with Crippen LogP contribution in [-0.2, 0) is 0 Å². The van der Waals surface area contributed by atoms with E-state index in [-0.39, 0.29) is 5.69 Å². The van der Waals surface area contributed by atoms with Gasteiger partial charge >= 0.3 is 0 Å². The molecule has 1 aromatic rings. The summed E-state index contributed by atoms with van der Waals surface area (Å²) >= 11 is 0. The molecule has 1 aromatic carbocycles. The topological polar surface area (TPSA) is 58.4 Å². The van der Waals surface area contributed by atoms with E-state index < -0.39 is 10.7 Å². The first-order valence-corrected chi connectivity index (χ1v) is 7.48. The van der Waals surface area contributed by atoms with Crippen molar-refractivity contribution in [1.82, 2.24) is 4.90 Å². The Balaban J connectivity index is 1.95. The molecule has 0 spiro atoms. The van der Waals surface area contributed by atoms with Crippen molar-refractivity contribution in [3.63, 3.8) is 0 Å². The van der Waals surface area contributed by atoms with Gasteiger partial charge in [-0.2, -0.15) is 0 Å². The molecule has 0 bridgehead atoms. The van der Waals surface area contributed by atoms with Crippen molar-refractivity contribution in [2.45, 2.75) is 32.6 Å². The van der Waals surface area contributed by atoms with E-state index in [2.05, 4.69) is 10.2 Å². The van der Waals surface area contributed by atoms with Gasteiger partial charge < -0.3 is 10.2 Å². The molecule has 0 amide bonds. The van der Waals surface area contributed by atoms with Crippen LogP contribution in [0.5, 0.6) is 0 Å². The highest BCUT2D eigenvalue weighted by Crippen LogP contribution is 2.27. The number of nitro benzene ring substituents is 1. The smallest absolute Gasteiger partial charge is 0.295 e. The third-order valence-electron chi connectivity index (χ3n) is 3.92. The molecule has 1 aliphatic rings. The highest BCUT2D eigenvalue weighted by atomic mass is 19.1. The first-order chi connectivity index (χ1) is 10.1. The molecule has 0 aromatic heterocycles. The second-order valence-electron chi connectivity index (χ2n) is 5.56. The van der Waals surface area contributed by atoms with Gasteiger partial charge in [-0.25, -0.2) is 4.39 Å². The fourth-order valence-corrected chi connectivity index (χ4v) is 2.67. The average Bonchev–Trinajstić information content (AvgIpc) is 2.71. The Labute approximate surface area is 124 Å². The lowest BCUT2D eigenvalue weighted by molar-refractivity contribution is -0.384. The van der Waals surface area contributed by atoms with Crippen LogP contribution >= 0.6 is 0 Å². The number of nitrogens with zero attached hydrogens (tertiary/aromatic N) is 2.